The van der Waals surface area contributed by atoms with Gasteiger partial charge in [0.1, 0.15) is 0 Å². The summed E-state index contributed by atoms with van der Waals surface area (Å²) in [7, 11) is 0. The third-order valence-corrected chi connectivity index (χ3v) is 4.76. The fourth-order valence-electron chi connectivity index (χ4n) is 2.56. The molecule has 0 spiro atoms. The van der Waals surface area contributed by atoms with E-state index >= 15 is 0 Å². The molecule has 0 atom stereocenters. The number of hydrogen-bond acceptors (Lipinski definition) is 5. The SMILES string of the molecule is Cc1nc(-c2ccc(CCNC(=O)CCNC(=O)c3ccco3)cc2)cs1. The highest BCUT2D eigenvalue weighted by Gasteiger charge is 2.08. The van der Waals surface area contributed by atoms with Crippen LogP contribution in [0.15, 0.2) is 52.5 Å². The molecular weight excluding hydrogens is 362 g/mol. The number of furan rings is 1. The van der Waals surface area contributed by atoms with Gasteiger partial charge >= 0.3 is 0 Å². The Hall–Kier alpha value is -2.93. The van der Waals surface area contributed by atoms with Crippen molar-refractivity contribution in [3.63, 3.8) is 0 Å². The Morgan fingerprint density at radius 3 is 2.59 bits per heavy atom. The molecule has 3 aromatic rings. The van der Waals surface area contributed by atoms with E-state index in [1.54, 1.807) is 23.5 Å². The smallest absolute Gasteiger partial charge is 0.286 e. The molecule has 0 unspecified atom stereocenters. The second-order valence-corrected chi connectivity index (χ2v) is 7.09. The van der Waals surface area contributed by atoms with Crippen LogP contribution in [0.1, 0.15) is 27.5 Å². The molecule has 0 aliphatic carbocycles. The van der Waals surface area contributed by atoms with Crippen molar-refractivity contribution in [1.29, 1.82) is 0 Å². The lowest BCUT2D eigenvalue weighted by Gasteiger charge is -2.07. The first-order valence-corrected chi connectivity index (χ1v) is 9.59. The van der Waals surface area contributed by atoms with Gasteiger partial charge in [-0.05, 0) is 31.0 Å². The fourth-order valence-corrected chi connectivity index (χ4v) is 3.18. The monoisotopic (exact) mass is 383 g/mol. The largest absolute Gasteiger partial charge is 0.459 e. The molecule has 0 fully saturated rings. The van der Waals surface area contributed by atoms with Crippen LogP contribution >= 0.6 is 11.3 Å². The van der Waals surface area contributed by atoms with Gasteiger partial charge in [-0.3, -0.25) is 9.59 Å². The van der Waals surface area contributed by atoms with Crippen molar-refractivity contribution >= 4 is 23.2 Å². The van der Waals surface area contributed by atoms with Gasteiger partial charge in [0.15, 0.2) is 5.76 Å². The number of carbonyl (C=O) groups excluding carboxylic acids is 2. The van der Waals surface area contributed by atoms with E-state index in [0.717, 1.165) is 28.2 Å². The number of carbonyl (C=O) groups is 2. The Bertz CT molecular complexity index is 886. The fraction of sp³-hybridized carbons (Fsp3) is 0.250. The molecule has 2 amide bonds. The highest BCUT2D eigenvalue weighted by atomic mass is 32.1. The average molecular weight is 383 g/mol. The van der Waals surface area contributed by atoms with E-state index in [2.05, 4.69) is 45.3 Å². The van der Waals surface area contributed by atoms with Crippen molar-refractivity contribution in [2.24, 2.45) is 0 Å². The summed E-state index contributed by atoms with van der Waals surface area (Å²) < 4.78 is 4.99. The van der Waals surface area contributed by atoms with Gasteiger partial charge in [-0.1, -0.05) is 24.3 Å². The third-order valence-electron chi connectivity index (χ3n) is 3.99. The quantitative estimate of drug-likeness (QED) is 0.626. The van der Waals surface area contributed by atoms with Gasteiger partial charge in [-0.2, -0.15) is 0 Å². The van der Waals surface area contributed by atoms with Crippen LogP contribution in [-0.4, -0.2) is 29.9 Å². The average Bonchev–Trinajstić information content (AvgIpc) is 3.34. The van der Waals surface area contributed by atoms with Gasteiger partial charge < -0.3 is 15.1 Å². The zero-order valence-electron chi connectivity index (χ0n) is 15.0. The first kappa shape index (κ1) is 18.8. The minimum Gasteiger partial charge on any atom is -0.459 e. The maximum Gasteiger partial charge on any atom is 0.286 e. The van der Waals surface area contributed by atoms with E-state index in [4.69, 9.17) is 4.42 Å². The van der Waals surface area contributed by atoms with E-state index < -0.39 is 0 Å². The number of aryl methyl sites for hydroxylation is 1. The molecule has 0 aliphatic heterocycles. The zero-order valence-corrected chi connectivity index (χ0v) is 15.8. The van der Waals surface area contributed by atoms with Crippen LogP contribution in [-0.2, 0) is 11.2 Å². The Balaban J connectivity index is 1.35. The Kier molecular flexibility index (Phi) is 6.38. The van der Waals surface area contributed by atoms with Crippen LogP contribution in [0.4, 0.5) is 0 Å². The first-order valence-electron chi connectivity index (χ1n) is 8.71. The molecule has 140 valence electrons. The predicted octanol–water partition coefficient (Wildman–Crippen LogP) is 3.19. The summed E-state index contributed by atoms with van der Waals surface area (Å²) in [5.74, 6) is -0.167. The van der Waals surface area contributed by atoms with E-state index in [9.17, 15) is 9.59 Å². The van der Waals surface area contributed by atoms with Crippen molar-refractivity contribution < 1.29 is 14.0 Å². The molecule has 3 rings (SSSR count). The Morgan fingerprint density at radius 2 is 1.93 bits per heavy atom. The second-order valence-electron chi connectivity index (χ2n) is 6.03. The van der Waals surface area contributed by atoms with Crippen molar-refractivity contribution in [3.8, 4) is 11.3 Å². The third kappa shape index (κ3) is 5.52. The van der Waals surface area contributed by atoms with E-state index in [1.165, 1.54) is 6.26 Å². The zero-order chi connectivity index (χ0) is 19.1. The Labute approximate surface area is 161 Å². The number of nitrogens with one attached hydrogen (secondary N) is 2. The number of thiazole rings is 1. The molecule has 2 heterocycles. The van der Waals surface area contributed by atoms with Crippen molar-refractivity contribution in [1.82, 2.24) is 15.6 Å². The molecule has 2 aromatic heterocycles. The maximum atomic E-state index is 11.8. The number of rotatable bonds is 8. The van der Waals surface area contributed by atoms with Crippen molar-refractivity contribution in [2.45, 2.75) is 19.8 Å². The lowest BCUT2D eigenvalue weighted by atomic mass is 10.1. The lowest BCUT2D eigenvalue weighted by Crippen LogP contribution is -2.31. The van der Waals surface area contributed by atoms with Gasteiger partial charge in [0, 0.05) is 30.5 Å². The van der Waals surface area contributed by atoms with Gasteiger partial charge in [-0.25, -0.2) is 4.98 Å². The van der Waals surface area contributed by atoms with Gasteiger partial charge in [0.25, 0.3) is 5.91 Å². The molecule has 27 heavy (non-hydrogen) atoms. The predicted molar refractivity (Wildman–Crippen MR) is 105 cm³/mol. The summed E-state index contributed by atoms with van der Waals surface area (Å²) in [6.45, 7) is 2.82. The molecule has 0 aliphatic rings. The van der Waals surface area contributed by atoms with Gasteiger partial charge in [-0.15, -0.1) is 11.3 Å². The topological polar surface area (TPSA) is 84.2 Å². The number of nitrogens with zero attached hydrogens (tertiary/aromatic N) is 1. The van der Waals surface area contributed by atoms with Crippen molar-refractivity contribution in [2.75, 3.05) is 13.1 Å². The minimum atomic E-state index is -0.316. The summed E-state index contributed by atoms with van der Waals surface area (Å²) in [6, 6.07) is 11.4. The van der Waals surface area contributed by atoms with Crippen molar-refractivity contribution in [3.05, 3.63) is 64.4 Å². The lowest BCUT2D eigenvalue weighted by molar-refractivity contribution is -0.120. The summed E-state index contributed by atoms with van der Waals surface area (Å²) in [5, 5.41) is 8.62. The van der Waals surface area contributed by atoms with Crippen LogP contribution < -0.4 is 10.6 Å². The minimum absolute atomic E-state index is 0.0932. The molecule has 6 nitrogen and oxygen atoms in total. The number of hydrogen-bond donors (Lipinski definition) is 2. The molecule has 0 saturated heterocycles. The van der Waals surface area contributed by atoms with Crippen LogP contribution in [0.5, 0.6) is 0 Å². The molecule has 0 bridgehead atoms. The van der Waals surface area contributed by atoms with Crippen LogP contribution in [0.25, 0.3) is 11.3 Å². The molecular formula is C20H21N3O3S. The maximum absolute atomic E-state index is 11.8. The molecule has 0 radical (unpaired) electrons. The van der Waals surface area contributed by atoms with Crippen LogP contribution in [0.3, 0.4) is 0 Å². The highest BCUT2D eigenvalue weighted by Crippen LogP contribution is 2.21. The van der Waals surface area contributed by atoms with Crippen LogP contribution in [0, 0.1) is 6.92 Å². The molecule has 2 N–H and O–H groups in total. The number of benzene rings is 1. The summed E-state index contributed by atoms with van der Waals surface area (Å²) in [4.78, 5) is 28.0. The molecule has 0 saturated carbocycles. The van der Waals surface area contributed by atoms with Gasteiger partial charge in [0.05, 0.1) is 17.0 Å². The van der Waals surface area contributed by atoms with E-state index in [1.807, 2.05) is 6.92 Å². The summed E-state index contributed by atoms with van der Waals surface area (Å²) in [6.07, 6.45) is 2.42. The normalized spacial score (nSPS) is 10.6. The summed E-state index contributed by atoms with van der Waals surface area (Å²) >= 11 is 1.64. The second kappa shape index (κ2) is 9.14. The summed E-state index contributed by atoms with van der Waals surface area (Å²) in [5.41, 5.74) is 3.24. The Morgan fingerprint density at radius 1 is 1.11 bits per heavy atom. The number of amides is 2. The van der Waals surface area contributed by atoms with E-state index in [0.29, 0.717) is 6.54 Å². The molecule has 1 aromatic carbocycles. The van der Waals surface area contributed by atoms with E-state index in [-0.39, 0.29) is 30.5 Å². The first-order chi connectivity index (χ1) is 13.1. The molecule has 7 heteroatoms. The van der Waals surface area contributed by atoms with Gasteiger partial charge in [0.2, 0.25) is 5.91 Å². The highest BCUT2D eigenvalue weighted by molar-refractivity contribution is 7.09. The van der Waals surface area contributed by atoms with Crippen LogP contribution in [0.2, 0.25) is 0 Å². The number of aromatic nitrogens is 1. The standard InChI is InChI=1S/C20H21N3O3S/c1-14-23-17(13-27-14)16-6-4-15(5-7-16)8-10-21-19(24)9-11-22-20(25)18-3-2-12-26-18/h2-7,12-13H,8-11H2,1H3,(H,21,24)(H,22,25).